The van der Waals surface area contributed by atoms with Gasteiger partial charge in [-0.05, 0) is 42.7 Å². The monoisotopic (exact) mass is 460 g/mol. The molecular weight excluding hydrogens is 439 g/mol. The first kappa shape index (κ1) is 21.6. The largest absolute Gasteiger partial charge is 0.484 e. The Morgan fingerprint density at radius 2 is 1.97 bits per heavy atom. The number of para-hydroxylation sites is 1. The molecule has 1 aromatic heterocycles. The first-order valence-electron chi connectivity index (χ1n) is 9.93. The summed E-state index contributed by atoms with van der Waals surface area (Å²) in [6.45, 7) is 0.679. The van der Waals surface area contributed by atoms with Crippen molar-refractivity contribution in [2.45, 2.75) is 37.2 Å². The lowest BCUT2D eigenvalue weighted by molar-refractivity contribution is -0.127. The van der Waals surface area contributed by atoms with Crippen LogP contribution in [0.4, 0.5) is 4.39 Å². The lowest BCUT2D eigenvalue weighted by atomic mass is 10.2. The zero-order valence-electron chi connectivity index (χ0n) is 17.0. The summed E-state index contributed by atoms with van der Waals surface area (Å²) >= 11 is 7.52. The van der Waals surface area contributed by atoms with Gasteiger partial charge in [0.2, 0.25) is 5.91 Å². The van der Waals surface area contributed by atoms with Gasteiger partial charge in [-0.15, -0.1) is 10.2 Å². The molecular formula is C22H22ClFN4O2S. The number of hydrogen-bond donors (Lipinski definition) is 0. The van der Waals surface area contributed by atoms with E-state index in [1.54, 1.807) is 30.1 Å². The van der Waals surface area contributed by atoms with Gasteiger partial charge in [0.25, 0.3) is 0 Å². The zero-order valence-corrected chi connectivity index (χ0v) is 18.6. The van der Waals surface area contributed by atoms with Gasteiger partial charge in [-0.2, -0.15) is 0 Å². The molecule has 1 fully saturated rings. The van der Waals surface area contributed by atoms with Crippen molar-refractivity contribution in [1.29, 1.82) is 0 Å². The number of hydrogen-bond acceptors (Lipinski definition) is 5. The van der Waals surface area contributed by atoms with E-state index in [-0.39, 0.29) is 24.1 Å². The Labute approximate surface area is 189 Å². The minimum absolute atomic E-state index is 0.0338. The molecule has 0 aliphatic heterocycles. The third-order valence-corrected chi connectivity index (χ3v) is 6.16. The Morgan fingerprint density at radius 3 is 2.68 bits per heavy atom. The van der Waals surface area contributed by atoms with Crippen LogP contribution < -0.4 is 4.74 Å². The van der Waals surface area contributed by atoms with Crippen LogP contribution in [0.1, 0.15) is 30.3 Å². The number of thioether (sulfide) groups is 1. The average Bonchev–Trinajstić information content (AvgIpc) is 3.53. The molecule has 162 valence electrons. The Bertz CT molecular complexity index is 1060. The van der Waals surface area contributed by atoms with E-state index in [2.05, 4.69) is 14.8 Å². The molecule has 1 aliphatic carbocycles. The van der Waals surface area contributed by atoms with Gasteiger partial charge in [-0.1, -0.05) is 47.6 Å². The van der Waals surface area contributed by atoms with Crippen LogP contribution in [0.2, 0.25) is 5.02 Å². The highest BCUT2D eigenvalue weighted by Crippen LogP contribution is 2.39. The Hall–Kier alpha value is -2.58. The van der Waals surface area contributed by atoms with Crippen molar-refractivity contribution in [1.82, 2.24) is 19.7 Å². The summed E-state index contributed by atoms with van der Waals surface area (Å²) in [7, 11) is 1.74. The molecule has 31 heavy (non-hydrogen) atoms. The molecule has 3 aromatic rings. The molecule has 0 radical (unpaired) electrons. The molecule has 2 aromatic carbocycles. The number of carbonyl (C=O) groups is 1. The van der Waals surface area contributed by atoms with E-state index in [1.165, 1.54) is 23.9 Å². The fraction of sp³-hybridized carbons (Fsp3) is 0.318. The standard InChI is InChI=1S/C22H22ClFN4O2S/c1-27(12-15-6-8-16(24)9-7-15)21(29)14-31-22-26-25-20(28(22)17-10-11-17)13-30-19-5-3-2-4-18(19)23/h2-9,17H,10-14H2,1H3. The molecule has 1 amide bonds. The van der Waals surface area contributed by atoms with Crippen molar-refractivity contribution in [3.63, 3.8) is 0 Å². The van der Waals surface area contributed by atoms with Gasteiger partial charge < -0.3 is 9.64 Å². The molecule has 9 heteroatoms. The number of benzene rings is 2. The SMILES string of the molecule is CN(Cc1ccc(F)cc1)C(=O)CSc1nnc(COc2ccccc2Cl)n1C1CC1. The molecule has 4 rings (SSSR count). The number of nitrogens with zero attached hydrogens (tertiary/aromatic N) is 4. The molecule has 0 bridgehead atoms. The number of ether oxygens (including phenoxy) is 1. The highest BCUT2D eigenvalue weighted by molar-refractivity contribution is 7.99. The molecule has 0 atom stereocenters. The van der Waals surface area contributed by atoms with E-state index in [4.69, 9.17) is 16.3 Å². The highest BCUT2D eigenvalue weighted by atomic mass is 35.5. The van der Waals surface area contributed by atoms with Crippen molar-refractivity contribution < 1.29 is 13.9 Å². The van der Waals surface area contributed by atoms with Gasteiger partial charge in [-0.3, -0.25) is 9.36 Å². The quantitative estimate of drug-likeness (QED) is 0.432. The number of carbonyl (C=O) groups excluding carboxylic acids is 1. The summed E-state index contributed by atoms with van der Waals surface area (Å²) in [4.78, 5) is 14.2. The maximum absolute atomic E-state index is 13.1. The van der Waals surface area contributed by atoms with Crippen LogP contribution in [0.15, 0.2) is 53.7 Å². The molecule has 0 N–H and O–H groups in total. The lowest BCUT2D eigenvalue weighted by Gasteiger charge is -2.17. The molecule has 1 saturated carbocycles. The van der Waals surface area contributed by atoms with Crippen LogP contribution in [0.3, 0.4) is 0 Å². The van der Waals surface area contributed by atoms with Gasteiger partial charge in [0.05, 0.1) is 10.8 Å². The highest BCUT2D eigenvalue weighted by Gasteiger charge is 2.30. The Balaban J connectivity index is 1.36. The average molecular weight is 461 g/mol. The van der Waals surface area contributed by atoms with E-state index in [1.807, 2.05) is 18.2 Å². The molecule has 0 spiro atoms. The predicted octanol–water partition coefficient (Wildman–Crippen LogP) is 4.74. The minimum Gasteiger partial charge on any atom is -0.484 e. The van der Waals surface area contributed by atoms with Crippen LogP contribution in [0, 0.1) is 5.82 Å². The van der Waals surface area contributed by atoms with Crippen molar-refractivity contribution in [2.75, 3.05) is 12.8 Å². The lowest BCUT2D eigenvalue weighted by Crippen LogP contribution is -2.27. The predicted molar refractivity (Wildman–Crippen MR) is 118 cm³/mol. The van der Waals surface area contributed by atoms with Crippen molar-refractivity contribution in [3.8, 4) is 5.75 Å². The van der Waals surface area contributed by atoms with Crippen LogP contribution in [0.5, 0.6) is 5.75 Å². The first-order valence-corrected chi connectivity index (χ1v) is 11.3. The topological polar surface area (TPSA) is 60.3 Å². The summed E-state index contributed by atoms with van der Waals surface area (Å²) in [6, 6.07) is 13.8. The summed E-state index contributed by atoms with van der Waals surface area (Å²) in [5.41, 5.74) is 0.877. The van der Waals surface area contributed by atoms with E-state index in [0.717, 1.165) is 24.2 Å². The number of rotatable bonds is 9. The van der Waals surface area contributed by atoms with Crippen LogP contribution in [-0.4, -0.2) is 38.4 Å². The van der Waals surface area contributed by atoms with Crippen molar-refractivity contribution in [3.05, 3.63) is 70.8 Å². The van der Waals surface area contributed by atoms with Crippen molar-refractivity contribution in [2.24, 2.45) is 0 Å². The maximum Gasteiger partial charge on any atom is 0.233 e. The molecule has 0 unspecified atom stereocenters. The second kappa shape index (κ2) is 9.70. The molecule has 1 heterocycles. The fourth-order valence-electron chi connectivity index (χ4n) is 3.10. The van der Waals surface area contributed by atoms with Crippen LogP contribution in [0.25, 0.3) is 0 Å². The van der Waals surface area contributed by atoms with Gasteiger partial charge in [0.1, 0.15) is 18.2 Å². The van der Waals surface area contributed by atoms with E-state index < -0.39 is 0 Å². The first-order chi connectivity index (χ1) is 15.0. The van der Waals surface area contributed by atoms with Crippen LogP contribution >= 0.6 is 23.4 Å². The van der Waals surface area contributed by atoms with E-state index in [9.17, 15) is 9.18 Å². The Morgan fingerprint density at radius 1 is 1.23 bits per heavy atom. The second-order valence-electron chi connectivity index (χ2n) is 7.38. The van der Waals surface area contributed by atoms with Crippen molar-refractivity contribution >= 4 is 29.3 Å². The third kappa shape index (κ3) is 5.57. The van der Waals surface area contributed by atoms with E-state index in [0.29, 0.717) is 28.5 Å². The number of amides is 1. The fourth-order valence-corrected chi connectivity index (χ4v) is 4.25. The zero-order chi connectivity index (χ0) is 21.8. The second-order valence-corrected chi connectivity index (χ2v) is 8.73. The normalized spacial score (nSPS) is 13.3. The maximum atomic E-state index is 13.1. The summed E-state index contributed by atoms with van der Waals surface area (Å²) in [6.07, 6.45) is 2.12. The summed E-state index contributed by atoms with van der Waals surface area (Å²) < 4.78 is 20.9. The third-order valence-electron chi connectivity index (χ3n) is 4.92. The smallest absolute Gasteiger partial charge is 0.233 e. The van der Waals surface area contributed by atoms with Gasteiger partial charge in [0, 0.05) is 19.6 Å². The summed E-state index contributed by atoms with van der Waals surface area (Å²) in [5.74, 6) is 1.24. The van der Waals surface area contributed by atoms with Gasteiger partial charge >= 0.3 is 0 Å². The molecule has 0 saturated heterocycles. The summed E-state index contributed by atoms with van der Waals surface area (Å²) in [5, 5.41) is 9.83. The minimum atomic E-state index is -0.290. The molecule has 1 aliphatic rings. The number of halogens is 2. The Kier molecular flexibility index (Phi) is 6.77. The molecule has 6 nitrogen and oxygen atoms in total. The van der Waals surface area contributed by atoms with Gasteiger partial charge in [0.15, 0.2) is 11.0 Å². The van der Waals surface area contributed by atoms with Crippen LogP contribution in [-0.2, 0) is 17.9 Å². The number of aromatic nitrogens is 3. The van der Waals surface area contributed by atoms with Gasteiger partial charge in [-0.25, -0.2) is 4.39 Å². The van der Waals surface area contributed by atoms with E-state index >= 15 is 0 Å².